The second-order valence-electron chi connectivity index (χ2n) is 3.02. The fourth-order valence-electron chi connectivity index (χ4n) is 0.646. The van der Waals surface area contributed by atoms with Crippen molar-refractivity contribution in [3.8, 4) is 0 Å². The van der Waals surface area contributed by atoms with Crippen LogP contribution in [0.1, 0.15) is 13.3 Å². The molecule has 9 heavy (non-hydrogen) atoms. The maximum atomic E-state index is 11.6. The van der Waals surface area contributed by atoms with Gasteiger partial charge in [-0.25, -0.2) is 0 Å². The van der Waals surface area contributed by atoms with Crippen molar-refractivity contribution in [3.05, 3.63) is 0 Å². The number of quaternary nitrogens is 1. The van der Waals surface area contributed by atoms with E-state index in [-0.39, 0.29) is 6.67 Å². The molecule has 0 saturated heterocycles. The van der Waals surface area contributed by atoms with Gasteiger partial charge in [-0.3, -0.25) is 4.39 Å². The molecular formula is C7H17FN+. The van der Waals surface area contributed by atoms with Gasteiger partial charge in [0.15, 0.2) is 0 Å². The Morgan fingerprint density at radius 3 is 2.22 bits per heavy atom. The van der Waals surface area contributed by atoms with Crippen molar-refractivity contribution in [2.24, 2.45) is 0 Å². The number of nitrogens with zero attached hydrogens (tertiary/aromatic N) is 1. The summed E-state index contributed by atoms with van der Waals surface area (Å²) in [5, 5.41) is 0. The molecule has 0 heterocycles. The van der Waals surface area contributed by atoms with Gasteiger partial charge in [-0.05, 0) is 6.92 Å². The fourth-order valence-corrected chi connectivity index (χ4v) is 0.646. The molecule has 0 aliphatic rings. The zero-order valence-corrected chi connectivity index (χ0v) is 6.65. The monoisotopic (exact) mass is 134 g/mol. The van der Waals surface area contributed by atoms with Crippen molar-refractivity contribution in [1.82, 2.24) is 0 Å². The maximum Gasteiger partial charge on any atom is 0.0947 e. The van der Waals surface area contributed by atoms with E-state index in [1.807, 2.05) is 0 Å². The molecule has 0 amide bonds. The van der Waals surface area contributed by atoms with Crippen LogP contribution in [0.15, 0.2) is 0 Å². The first-order valence-corrected chi connectivity index (χ1v) is 3.50. The maximum absolute atomic E-state index is 11.6. The average Bonchev–Trinajstić information content (AvgIpc) is 1.84. The molecule has 0 aromatic rings. The van der Waals surface area contributed by atoms with Crippen LogP contribution < -0.4 is 0 Å². The van der Waals surface area contributed by atoms with E-state index >= 15 is 0 Å². The molecule has 0 aliphatic carbocycles. The molecule has 0 radical (unpaired) electrons. The molecule has 0 rings (SSSR count). The lowest BCUT2D eigenvalue weighted by molar-refractivity contribution is -0.888. The molecule has 0 unspecified atom stereocenters. The van der Waals surface area contributed by atoms with Crippen molar-refractivity contribution in [2.45, 2.75) is 13.3 Å². The highest BCUT2D eigenvalue weighted by Crippen LogP contribution is 1.97. The Hall–Kier alpha value is -0.110. The van der Waals surface area contributed by atoms with E-state index in [9.17, 15) is 4.39 Å². The van der Waals surface area contributed by atoms with E-state index in [4.69, 9.17) is 0 Å². The Labute approximate surface area is 57.1 Å². The Bertz CT molecular complexity index is 71.3. The molecule has 2 heteroatoms. The lowest BCUT2D eigenvalue weighted by Gasteiger charge is -2.27. The lowest BCUT2D eigenvalue weighted by atomic mass is 10.4. The van der Waals surface area contributed by atoms with Gasteiger partial charge < -0.3 is 4.48 Å². The Balaban J connectivity index is 3.33. The lowest BCUT2D eigenvalue weighted by Crippen LogP contribution is -2.40. The van der Waals surface area contributed by atoms with Gasteiger partial charge in [0.05, 0.1) is 33.9 Å². The summed E-state index contributed by atoms with van der Waals surface area (Å²) in [6.07, 6.45) is 0.695. The number of alkyl halides is 1. The third-order valence-corrected chi connectivity index (χ3v) is 1.75. The van der Waals surface area contributed by atoms with E-state index in [0.29, 0.717) is 6.42 Å². The van der Waals surface area contributed by atoms with Crippen LogP contribution in [0.5, 0.6) is 0 Å². The summed E-state index contributed by atoms with van der Waals surface area (Å²) in [5.74, 6) is 0. The summed E-state index contributed by atoms with van der Waals surface area (Å²) in [6, 6.07) is 0. The second-order valence-corrected chi connectivity index (χ2v) is 3.02. The highest BCUT2D eigenvalue weighted by atomic mass is 19.1. The van der Waals surface area contributed by atoms with E-state index in [0.717, 1.165) is 17.6 Å². The van der Waals surface area contributed by atoms with Gasteiger partial charge in [0.25, 0.3) is 0 Å². The minimum absolute atomic E-state index is 0.179. The van der Waals surface area contributed by atoms with E-state index in [1.54, 1.807) is 0 Å². The molecule has 0 bridgehead atoms. The summed E-state index contributed by atoms with van der Waals surface area (Å²) in [7, 11) is 4.24. The summed E-state index contributed by atoms with van der Waals surface area (Å²) >= 11 is 0. The first-order chi connectivity index (χ1) is 4.12. The van der Waals surface area contributed by atoms with Crippen molar-refractivity contribution >= 4 is 0 Å². The molecule has 56 valence electrons. The Morgan fingerprint density at radius 1 is 1.33 bits per heavy atom. The van der Waals surface area contributed by atoms with Crippen LogP contribution in [0.4, 0.5) is 4.39 Å². The highest BCUT2D eigenvalue weighted by molar-refractivity contribution is 4.32. The Kier molecular flexibility index (Phi) is 3.78. The molecule has 0 saturated carbocycles. The first kappa shape index (κ1) is 8.89. The predicted molar refractivity (Wildman–Crippen MR) is 38.1 cm³/mol. The van der Waals surface area contributed by atoms with Crippen LogP contribution in [0.2, 0.25) is 0 Å². The molecule has 0 spiro atoms. The molecule has 0 N–H and O–H groups in total. The van der Waals surface area contributed by atoms with Crippen LogP contribution >= 0.6 is 0 Å². The third-order valence-electron chi connectivity index (χ3n) is 1.75. The minimum Gasteiger partial charge on any atom is -0.329 e. The Morgan fingerprint density at radius 2 is 1.89 bits per heavy atom. The zero-order valence-electron chi connectivity index (χ0n) is 6.65. The van der Waals surface area contributed by atoms with Crippen LogP contribution in [-0.4, -0.2) is 38.3 Å². The molecular weight excluding hydrogens is 117 g/mol. The summed E-state index contributed by atoms with van der Waals surface area (Å²) in [5.41, 5.74) is 0. The van der Waals surface area contributed by atoms with Crippen LogP contribution in [-0.2, 0) is 0 Å². The minimum atomic E-state index is -0.179. The predicted octanol–water partition coefficient (Wildman–Crippen LogP) is 1.44. The van der Waals surface area contributed by atoms with E-state index < -0.39 is 0 Å². The molecule has 0 aliphatic heterocycles. The van der Waals surface area contributed by atoms with Crippen LogP contribution in [0, 0.1) is 0 Å². The first-order valence-electron chi connectivity index (χ1n) is 3.50. The number of hydrogen-bond donors (Lipinski definition) is 0. The van der Waals surface area contributed by atoms with Gasteiger partial charge in [-0.1, -0.05) is 0 Å². The average molecular weight is 134 g/mol. The van der Waals surface area contributed by atoms with E-state index in [2.05, 4.69) is 21.0 Å². The largest absolute Gasteiger partial charge is 0.329 e. The zero-order chi connectivity index (χ0) is 7.33. The summed E-state index contributed by atoms with van der Waals surface area (Å²) in [4.78, 5) is 0. The summed E-state index contributed by atoms with van der Waals surface area (Å²) < 4.78 is 12.6. The fraction of sp³-hybridized carbons (Fsp3) is 1.00. The van der Waals surface area contributed by atoms with Gasteiger partial charge in [0, 0.05) is 6.42 Å². The van der Waals surface area contributed by atoms with Gasteiger partial charge in [0.2, 0.25) is 0 Å². The topological polar surface area (TPSA) is 0 Å². The quantitative estimate of drug-likeness (QED) is 0.510. The normalized spacial score (nSPS) is 12.0. The third kappa shape index (κ3) is 4.40. The SMILES string of the molecule is CC[N+](C)(C)CCCF. The molecule has 0 atom stereocenters. The van der Waals surface area contributed by atoms with Gasteiger partial charge >= 0.3 is 0 Å². The molecule has 0 aromatic carbocycles. The number of hydrogen-bond acceptors (Lipinski definition) is 0. The standard InChI is InChI=1S/C7H17FN/c1-4-9(2,3)7-5-6-8/h4-7H2,1-3H3/q+1. The van der Waals surface area contributed by atoms with E-state index in [1.165, 1.54) is 0 Å². The van der Waals surface area contributed by atoms with Crippen LogP contribution in [0.3, 0.4) is 0 Å². The molecule has 0 aromatic heterocycles. The molecule has 0 fully saturated rings. The summed E-state index contributed by atoms with van der Waals surface area (Å²) in [6.45, 7) is 3.98. The van der Waals surface area contributed by atoms with Crippen molar-refractivity contribution in [1.29, 1.82) is 0 Å². The van der Waals surface area contributed by atoms with Crippen LogP contribution in [0.25, 0.3) is 0 Å². The number of halogens is 1. The van der Waals surface area contributed by atoms with Gasteiger partial charge in [-0.2, -0.15) is 0 Å². The van der Waals surface area contributed by atoms with Gasteiger partial charge in [0.1, 0.15) is 0 Å². The highest BCUT2D eigenvalue weighted by Gasteiger charge is 2.09. The second kappa shape index (κ2) is 3.83. The number of rotatable bonds is 4. The smallest absolute Gasteiger partial charge is 0.0947 e. The van der Waals surface area contributed by atoms with Crippen molar-refractivity contribution < 1.29 is 8.87 Å². The molecule has 1 nitrogen and oxygen atoms in total. The van der Waals surface area contributed by atoms with Crippen molar-refractivity contribution in [3.63, 3.8) is 0 Å². The van der Waals surface area contributed by atoms with Crippen molar-refractivity contribution in [2.75, 3.05) is 33.9 Å². The van der Waals surface area contributed by atoms with Gasteiger partial charge in [-0.15, -0.1) is 0 Å².